The number of hydrogen-bond donors (Lipinski definition) is 2. The van der Waals surface area contributed by atoms with Gasteiger partial charge in [0.05, 0.1) is 6.19 Å². The number of carbonyl (C=O) groups excluding carboxylic acids is 1. The molecule has 8 heteroatoms. The number of aliphatic hydroxyl groups is 1. The molecular weight excluding hydrogens is 303 g/mol. The van der Waals surface area contributed by atoms with Gasteiger partial charge >= 0.3 is 5.97 Å². The van der Waals surface area contributed by atoms with E-state index in [4.69, 9.17) is 5.11 Å². The summed E-state index contributed by atoms with van der Waals surface area (Å²) in [5.74, 6) is -0.867. The van der Waals surface area contributed by atoms with Crippen molar-refractivity contribution in [1.82, 2.24) is 9.79 Å². The molecule has 0 fully saturated rings. The minimum atomic E-state index is -1.10. The second-order valence-electron chi connectivity index (χ2n) is 5.46. The molecule has 22 heavy (non-hydrogen) atoms. The molecule has 0 spiro atoms. The van der Waals surface area contributed by atoms with Gasteiger partial charge in [-0.2, -0.15) is 0 Å². The summed E-state index contributed by atoms with van der Waals surface area (Å²) in [6.07, 6.45) is 1.20. The van der Waals surface area contributed by atoms with Gasteiger partial charge in [0.1, 0.15) is 11.1 Å². The predicted octanol–water partition coefficient (Wildman–Crippen LogP) is 1.81. The highest BCUT2D eigenvalue weighted by Gasteiger charge is 2.26. The molecule has 0 saturated carbocycles. The van der Waals surface area contributed by atoms with E-state index in [0.29, 0.717) is 11.4 Å². The zero-order valence-electron chi connectivity index (χ0n) is 13.1. The normalized spacial score (nSPS) is 14.1. The molecule has 0 aliphatic heterocycles. The van der Waals surface area contributed by atoms with Gasteiger partial charge in [0.2, 0.25) is 0 Å². The Morgan fingerprint density at radius 2 is 2.23 bits per heavy atom. The monoisotopic (exact) mass is 325 g/mol. The Balaban J connectivity index is 2.83. The molecule has 0 saturated heterocycles. The lowest BCUT2D eigenvalue weighted by Gasteiger charge is -2.34. The maximum absolute atomic E-state index is 10.9. The number of carboxylic acid groups (broad SMARTS) is 1. The number of aromatic carboxylic acids is 1. The summed E-state index contributed by atoms with van der Waals surface area (Å²) in [6.45, 7) is 6.82. The zero-order valence-corrected chi connectivity index (χ0v) is 13.9. The molecule has 121 valence electrons. The minimum Gasteiger partial charge on any atom is -0.476 e. The number of hydrogen-bond acceptors (Lipinski definition) is 6. The van der Waals surface area contributed by atoms with Crippen molar-refractivity contribution in [2.75, 3.05) is 6.54 Å². The van der Waals surface area contributed by atoms with Gasteiger partial charge in [0.25, 0.3) is 7.41 Å². The van der Waals surface area contributed by atoms with Crippen molar-refractivity contribution in [3.05, 3.63) is 16.1 Å². The van der Waals surface area contributed by atoms with Crippen LogP contribution in [0.15, 0.2) is 5.38 Å². The fourth-order valence-electron chi connectivity index (χ4n) is 2.35. The summed E-state index contributed by atoms with van der Waals surface area (Å²) in [4.78, 5) is 27.6. The van der Waals surface area contributed by atoms with Gasteiger partial charge in [-0.15, -0.1) is 11.3 Å². The lowest BCUT2D eigenvalue weighted by Crippen LogP contribution is -2.43. The first-order valence-electron chi connectivity index (χ1n) is 7.31. The third-order valence-electron chi connectivity index (χ3n) is 3.42. The first-order valence-corrected chi connectivity index (χ1v) is 8.19. The van der Waals surface area contributed by atoms with Crippen LogP contribution in [0.4, 0.5) is 0 Å². The van der Waals surface area contributed by atoms with Crippen molar-refractivity contribution >= 4 is 30.9 Å². The van der Waals surface area contributed by atoms with Crippen LogP contribution in [0.5, 0.6) is 0 Å². The summed E-state index contributed by atoms with van der Waals surface area (Å²) >= 11 is 1.14. The molecule has 2 N–H and O–H groups in total. The molecule has 0 aromatic carbocycles. The van der Waals surface area contributed by atoms with E-state index in [1.165, 1.54) is 12.8 Å². The summed E-state index contributed by atoms with van der Waals surface area (Å²) in [5.41, 5.74) is -0.0509. The van der Waals surface area contributed by atoms with Gasteiger partial charge in [-0.05, 0) is 25.3 Å². The Labute approximate surface area is 135 Å². The summed E-state index contributed by atoms with van der Waals surface area (Å²) in [6, 6.07) is -0.0164. The van der Waals surface area contributed by atoms with Crippen LogP contribution in [-0.2, 0) is 4.79 Å². The predicted molar refractivity (Wildman–Crippen MR) is 86.8 cm³/mol. The smallest absolute Gasteiger partial charge is 0.355 e. The number of carbonyl (C=O) groups is 2. The number of nitrogens with zero attached hydrogens (tertiary/aromatic N) is 2. The Morgan fingerprint density at radius 1 is 1.55 bits per heavy atom. The molecule has 1 aromatic heterocycles. The van der Waals surface area contributed by atoms with Crippen LogP contribution in [0.1, 0.15) is 55.2 Å². The Hall–Kier alpha value is -1.25. The standard InChI is InChI=1S/C14H22BN2O4S/c1-4-5-17(15-8-18)11(9(2)3)6-12(19)13-16-10(7-22-13)14(20)21/h7-9,11-12,19H,4-6H2,1-3H3,(H,20,21)/t11-,12+/m0/s1. The van der Waals surface area contributed by atoms with Gasteiger partial charge in [-0.1, -0.05) is 20.8 Å². The highest BCUT2D eigenvalue weighted by atomic mass is 32.1. The third kappa shape index (κ3) is 5.19. The first kappa shape index (κ1) is 18.8. The Morgan fingerprint density at radius 3 is 2.68 bits per heavy atom. The second kappa shape index (κ2) is 9.02. The largest absolute Gasteiger partial charge is 0.476 e. The number of aliphatic hydroxyl groups excluding tert-OH is 1. The van der Waals surface area contributed by atoms with Crippen LogP contribution in [-0.4, -0.2) is 52.2 Å². The van der Waals surface area contributed by atoms with Crippen LogP contribution in [0.2, 0.25) is 0 Å². The molecule has 0 unspecified atom stereocenters. The molecule has 1 rings (SSSR count). The Kier molecular flexibility index (Phi) is 7.71. The van der Waals surface area contributed by atoms with Gasteiger partial charge in [-0.3, -0.25) is 0 Å². The van der Waals surface area contributed by atoms with Crippen molar-refractivity contribution in [3.63, 3.8) is 0 Å². The van der Waals surface area contributed by atoms with Crippen LogP contribution < -0.4 is 0 Å². The van der Waals surface area contributed by atoms with Gasteiger partial charge in [0, 0.05) is 11.4 Å². The number of aromatic nitrogens is 1. The van der Waals surface area contributed by atoms with Crippen molar-refractivity contribution in [3.8, 4) is 0 Å². The molecule has 2 atom stereocenters. The van der Waals surface area contributed by atoms with E-state index in [9.17, 15) is 14.7 Å². The molecule has 1 aromatic rings. The van der Waals surface area contributed by atoms with Crippen molar-refractivity contribution in [1.29, 1.82) is 0 Å². The fraction of sp³-hybridized carbons (Fsp3) is 0.643. The molecular formula is C14H22BN2O4S. The average Bonchev–Trinajstić information content (AvgIpc) is 2.94. The van der Waals surface area contributed by atoms with Crippen molar-refractivity contribution in [2.45, 2.75) is 45.8 Å². The number of carboxylic acids is 1. The van der Waals surface area contributed by atoms with E-state index in [2.05, 4.69) is 4.98 Å². The fourth-order valence-corrected chi connectivity index (χ4v) is 3.14. The SMILES string of the molecule is CCCN([B]C=O)[C@@H](C[C@@H](O)c1nc(C(=O)O)cs1)C(C)C. The highest BCUT2D eigenvalue weighted by molar-refractivity contribution is 7.09. The van der Waals surface area contributed by atoms with Crippen LogP contribution in [0.25, 0.3) is 0 Å². The third-order valence-corrected chi connectivity index (χ3v) is 4.37. The van der Waals surface area contributed by atoms with E-state index in [0.717, 1.165) is 30.5 Å². The van der Waals surface area contributed by atoms with E-state index >= 15 is 0 Å². The number of thiazole rings is 1. The highest BCUT2D eigenvalue weighted by Crippen LogP contribution is 2.27. The minimum absolute atomic E-state index is 0.0164. The van der Waals surface area contributed by atoms with Crippen molar-refractivity contribution < 1.29 is 19.8 Å². The van der Waals surface area contributed by atoms with E-state index < -0.39 is 12.1 Å². The van der Waals surface area contributed by atoms with Gasteiger partial charge < -0.3 is 19.8 Å². The Bertz CT molecular complexity index is 495. The molecule has 1 heterocycles. The topological polar surface area (TPSA) is 90.7 Å². The number of rotatable bonds is 10. The van der Waals surface area contributed by atoms with E-state index in [1.807, 2.05) is 25.6 Å². The molecule has 0 aliphatic rings. The summed E-state index contributed by atoms with van der Waals surface area (Å²) in [7, 11) is 1.51. The van der Waals surface area contributed by atoms with E-state index in [-0.39, 0.29) is 17.7 Å². The van der Waals surface area contributed by atoms with Crippen molar-refractivity contribution in [2.24, 2.45) is 5.92 Å². The molecule has 0 amide bonds. The molecule has 0 bridgehead atoms. The molecule has 0 aliphatic carbocycles. The maximum atomic E-state index is 10.9. The average molecular weight is 325 g/mol. The van der Waals surface area contributed by atoms with Crippen LogP contribution >= 0.6 is 11.3 Å². The van der Waals surface area contributed by atoms with Gasteiger partial charge in [-0.25, -0.2) is 9.78 Å². The van der Waals surface area contributed by atoms with Crippen LogP contribution in [0.3, 0.4) is 0 Å². The van der Waals surface area contributed by atoms with Gasteiger partial charge in [0.15, 0.2) is 5.69 Å². The quantitative estimate of drug-likeness (QED) is 0.504. The maximum Gasteiger partial charge on any atom is 0.355 e. The molecule has 6 nitrogen and oxygen atoms in total. The lowest BCUT2D eigenvalue weighted by atomic mass is 9.85. The lowest BCUT2D eigenvalue weighted by molar-refractivity contribution is 0.0690. The van der Waals surface area contributed by atoms with E-state index in [1.54, 1.807) is 0 Å². The van der Waals surface area contributed by atoms with Crippen LogP contribution in [0, 0.1) is 5.92 Å². The second-order valence-corrected chi connectivity index (χ2v) is 6.35. The summed E-state index contributed by atoms with van der Waals surface area (Å²) < 4.78 is 0. The molecule has 1 radical (unpaired) electrons. The zero-order chi connectivity index (χ0) is 16.7. The first-order chi connectivity index (χ1) is 10.4. The summed E-state index contributed by atoms with van der Waals surface area (Å²) in [5, 5.41) is 21.1.